The van der Waals surface area contributed by atoms with E-state index in [0.717, 1.165) is 0 Å². The van der Waals surface area contributed by atoms with Crippen molar-refractivity contribution in [3.8, 4) is 33.6 Å². The van der Waals surface area contributed by atoms with Gasteiger partial charge in [-0.3, -0.25) is 4.79 Å². The summed E-state index contributed by atoms with van der Waals surface area (Å²) in [6, 6.07) is 4.49. The second kappa shape index (κ2) is 20.9. The maximum absolute atomic E-state index is 14.5. The number of hydrogen-bond acceptors (Lipinski definition) is 7. The van der Waals surface area contributed by atoms with Crippen LogP contribution in [0.3, 0.4) is 0 Å². The summed E-state index contributed by atoms with van der Waals surface area (Å²) >= 11 is 17.0. The highest BCUT2D eigenvalue weighted by Gasteiger charge is 2.74. The molecule has 70 heavy (non-hydrogen) atoms. The number of aromatic carboxylic acids is 1. The third-order valence-corrected chi connectivity index (χ3v) is 10.6. The largest absolute Gasteiger partial charge is 0.478 e. The van der Waals surface area contributed by atoms with Crippen molar-refractivity contribution < 1.29 is 80.4 Å². The molecule has 0 radical (unpaired) electrons. The van der Waals surface area contributed by atoms with Crippen LogP contribution in [0.25, 0.3) is 33.6 Å². The summed E-state index contributed by atoms with van der Waals surface area (Å²) in [7, 11) is 7.36. The van der Waals surface area contributed by atoms with Crippen molar-refractivity contribution in [2.24, 2.45) is 0 Å². The van der Waals surface area contributed by atoms with Gasteiger partial charge in [0.15, 0.2) is 0 Å². The molecule has 0 aliphatic rings. The zero-order valence-corrected chi connectivity index (χ0v) is 39.5. The molecule has 0 fully saturated rings. The second-order valence-electron chi connectivity index (χ2n) is 14.5. The Morgan fingerprint density at radius 1 is 0.543 bits per heavy atom. The van der Waals surface area contributed by atoms with E-state index >= 15 is 0 Å². The van der Waals surface area contributed by atoms with Gasteiger partial charge >= 0.3 is 42.0 Å². The zero-order chi connectivity index (χ0) is 53.4. The molecule has 0 saturated carbocycles. The molecule has 0 saturated heterocycles. The molecule has 4 aromatic heterocycles. The molecular weight excluding hydrogens is 1100 g/mol. The van der Waals surface area contributed by atoms with Gasteiger partial charge in [-0.15, -0.1) is 0 Å². The molecule has 0 spiro atoms. The van der Waals surface area contributed by atoms with Gasteiger partial charge in [0.05, 0.1) is 47.3 Å². The summed E-state index contributed by atoms with van der Waals surface area (Å²) < 4.78 is 198. The molecule has 0 bridgehead atoms. The first-order chi connectivity index (χ1) is 31.9. The van der Waals surface area contributed by atoms with Crippen molar-refractivity contribution in [1.82, 2.24) is 29.5 Å². The molecule has 0 atom stereocenters. The first kappa shape index (κ1) is 57.5. The molecule has 378 valence electrons. The fraction of sp³-hybridized carbons (Fsp3) is 0.250. The number of rotatable bonds is 8. The molecule has 0 aliphatic heterocycles. The van der Waals surface area contributed by atoms with Gasteiger partial charge in [0, 0.05) is 56.0 Å². The van der Waals surface area contributed by atoms with Gasteiger partial charge in [0.25, 0.3) is 5.24 Å². The van der Waals surface area contributed by atoms with Gasteiger partial charge in [-0.05, 0) is 84.8 Å². The Morgan fingerprint density at radius 3 is 1.10 bits per heavy atom. The summed E-state index contributed by atoms with van der Waals surface area (Å²) in [5.74, 6) is -1.34. The Labute approximate surface area is 410 Å². The third kappa shape index (κ3) is 11.8. The Balaban J connectivity index is 0.000000283. The quantitative estimate of drug-likeness (QED) is 0.0905. The minimum Gasteiger partial charge on any atom is -0.478 e. The van der Waals surface area contributed by atoms with Crippen molar-refractivity contribution in [1.29, 1.82) is 0 Å². The highest BCUT2D eigenvalue weighted by molar-refractivity contribution is 8.26. The van der Waals surface area contributed by atoms with Gasteiger partial charge in [-0.2, -0.15) is 62.9 Å². The normalized spacial score (nSPS) is 12.6. The van der Waals surface area contributed by atoms with Crippen molar-refractivity contribution >= 4 is 76.6 Å². The van der Waals surface area contributed by atoms with Crippen LogP contribution < -0.4 is 0 Å². The lowest BCUT2D eigenvalue weighted by atomic mass is 9.87. The third-order valence-electron chi connectivity index (χ3n) is 9.79. The fourth-order valence-corrected chi connectivity index (χ4v) is 7.38. The van der Waals surface area contributed by atoms with E-state index in [0.29, 0.717) is 29.8 Å². The smallest absolute Gasteiger partial charge is 0.435 e. The van der Waals surface area contributed by atoms with Gasteiger partial charge in [0.1, 0.15) is 10.3 Å². The minimum absolute atomic E-state index is 0.0362. The summed E-state index contributed by atoms with van der Waals surface area (Å²) in [6.45, 7) is 4.99. The average Bonchev–Trinajstić information content (AvgIpc) is 3.89. The Hall–Kier alpha value is -5.08. The van der Waals surface area contributed by atoms with E-state index in [1.807, 2.05) is 0 Å². The van der Waals surface area contributed by atoms with E-state index in [4.69, 9.17) is 44.1 Å². The molecule has 4 heterocycles. The molecule has 6 rings (SSSR count). The van der Waals surface area contributed by atoms with E-state index in [1.165, 1.54) is 86.4 Å². The molecule has 0 amide bonds. The standard InChI is InChI=1S/C20H12Cl2F7N3O.C20H13ClF7N3O2.Cl2OS/c1-9-3-12(18(23,19(24,25)26)20(27,28)29)4-10(2)15(9)11-6-31-32(8-11)13-5-14(17(22)33)16(21)30-7-13;1-9-3-12(18(22,19(23,24)25)20(26,27)28)4-10(2)15(9)11-6-30-31(8-11)13-5-14(17(32)33)16(21)29-7-13;1-4(2)3/h3-8H,1-2H3;3-8H,1-2H3,(H,32,33);. The molecular formula is C40H25Cl5F14N6O4S. The number of pyridine rings is 2. The van der Waals surface area contributed by atoms with E-state index in [1.54, 1.807) is 0 Å². The second-order valence-corrected chi connectivity index (χ2v) is 18.0. The molecule has 1 N–H and O–H groups in total. The summed E-state index contributed by atoms with van der Waals surface area (Å²) in [6.07, 6.45) is -17.1. The minimum atomic E-state index is -6.22. The van der Waals surface area contributed by atoms with E-state index in [9.17, 15) is 71.1 Å². The highest BCUT2D eigenvalue weighted by Crippen LogP contribution is 2.55. The Kier molecular flexibility index (Phi) is 17.2. The number of benzene rings is 2. The Morgan fingerprint density at radius 2 is 0.829 bits per heavy atom. The van der Waals surface area contributed by atoms with E-state index in [-0.39, 0.29) is 71.8 Å². The Bertz CT molecular complexity index is 2710. The summed E-state index contributed by atoms with van der Waals surface area (Å²) in [5, 5.41) is 16.0. The predicted molar refractivity (Wildman–Crippen MR) is 229 cm³/mol. The maximum Gasteiger partial charge on any atom is 0.435 e. The number of carboxylic acid groups (broad SMARTS) is 1. The lowest BCUT2D eigenvalue weighted by Gasteiger charge is -2.31. The number of hydrogen-bond donors (Lipinski definition) is 1. The van der Waals surface area contributed by atoms with Crippen LogP contribution in [-0.2, 0) is 20.6 Å². The summed E-state index contributed by atoms with van der Waals surface area (Å²) in [5.41, 5.74) is -13.3. The van der Waals surface area contributed by atoms with Crippen molar-refractivity contribution in [3.63, 3.8) is 0 Å². The zero-order valence-electron chi connectivity index (χ0n) is 34.9. The van der Waals surface area contributed by atoms with Crippen molar-refractivity contribution in [3.05, 3.63) is 128 Å². The van der Waals surface area contributed by atoms with Crippen LogP contribution in [-0.4, -0.2) is 74.8 Å². The number of carbonyl (C=O) groups excluding carboxylic acids is 1. The number of carboxylic acids is 1. The molecule has 2 aromatic carbocycles. The van der Waals surface area contributed by atoms with Crippen LogP contribution in [0.2, 0.25) is 10.3 Å². The SMILES string of the molecule is Cc1cc(C(F)(C(F)(F)F)C(F)(F)F)cc(C)c1-c1cnn(-c2cnc(Cl)c(C(=O)Cl)c2)c1.Cc1cc(C(F)(C(F)(F)F)C(F)(F)F)cc(C)c1-c1cnn(-c2cnc(Cl)c(C(=O)O)c2)c1.O=S(Cl)Cl. The number of carbonyl (C=O) groups is 2. The van der Waals surface area contributed by atoms with Gasteiger partial charge in [-0.1, -0.05) is 47.5 Å². The first-order valence-electron chi connectivity index (χ1n) is 18.4. The van der Waals surface area contributed by atoms with Crippen LogP contribution in [0.1, 0.15) is 54.1 Å². The average molecular weight is 1130 g/mol. The highest BCUT2D eigenvalue weighted by atomic mass is 36.0. The lowest BCUT2D eigenvalue weighted by molar-refractivity contribution is -0.349. The molecule has 10 nitrogen and oxygen atoms in total. The van der Waals surface area contributed by atoms with Crippen molar-refractivity contribution in [2.45, 2.75) is 63.7 Å². The van der Waals surface area contributed by atoms with Gasteiger partial charge in [0.2, 0.25) is 9.23 Å². The maximum atomic E-state index is 14.5. The monoisotopic (exact) mass is 1130 g/mol. The van der Waals surface area contributed by atoms with E-state index < -0.39 is 67.6 Å². The first-order valence-corrected chi connectivity index (χ1v) is 22.3. The van der Waals surface area contributed by atoms with E-state index in [2.05, 4.69) is 41.5 Å². The number of alkyl halides is 14. The molecule has 6 aromatic rings. The molecule has 0 unspecified atom stereocenters. The van der Waals surface area contributed by atoms with Crippen LogP contribution in [0.4, 0.5) is 61.5 Å². The van der Waals surface area contributed by atoms with Crippen LogP contribution >= 0.6 is 56.2 Å². The number of aryl methyl sites for hydroxylation is 4. The number of halogens is 19. The summed E-state index contributed by atoms with van der Waals surface area (Å²) in [4.78, 5) is 30.2. The van der Waals surface area contributed by atoms with Crippen LogP contribution in [0, 0.1) is 27.7 Å². The molecule has 30 heteroatoms. The van der Waals surface area contributed by atoms with Crippen LogP contribution in [0.15, 0.2) is 73.6 Å². The number of aromatic nitrogens is 6. The topological polar surface area (TPSA) is 133 Å². The van der Waals surface area contributed by atoms with Gasteiger partial charge < -0.3 is 5.11 Å². The molecule has 0 aliphatic carbocycles. The fourth-order valence-electron chi connectivity index (χ4n) is 6.81. The van der Waals surface area contributed by atoms with Crippen molar-refractivity contribution in [2.75, 3.05) is 0 Å². The van der Waals surface area contributed by atoms with Crippen LogP contribution in [0.5, 0.6) is 0 Å². The lowest BCUT2D eigenvalue weighted by Crippen LogP contribution is -2.50. The van der Waals surface area contributed by atoms with Gasteiger partial charge in [-0.25, -0.2) is 37.1 Å². The predicted octanol–water partition coefficient (Wildman–Crippen LogP) is 14.1. The number of nitrogens with zero attached hydrogens (tertiary/aromatic N) is 6.